The van der Waals surface area contributed by atoms with Crippen LogP contribution >= 0.6 is 31.9 Å². The van der Waals surface area contributed by atoms with Crippen LogP contribution < -0.4 is 40.1 Å². The zero-order chi connectivity index (χ0) is 33.6. The molecular weight excluding hydrogens is 710 g/mol. The SMILES string of the molecule is CC(N)=NCC(CN=C(N)N)c1cc(Br)cc(C#Cc2cccc(C#Cc3cc(Br)cc(C(CN=C(N)N)CN=C(N)N)c3)c2)c1. The van der Waals surface area contributed by atoms with Gasteiger partial charge in [0.15, 0.2) is 17.9 Å². The molecule has 46 heavy (non-hydrogen) atoms. The molecule has 0 spiro atoms. The van der Waals surface area contributed by atoms with E-state index < -0.39 is 0 Å². The van der Waals surface area contributed by atoms with Crippen molar-refractivity contribution in [3.05, 3.63) is 103 Å². The van der Waals surface area contributed by atoms with Crippen molar-refractivity contribution in [2.75, 3.05) is 26.2 Å². The predicted molar refractivity (Wildman–Crippen MR) is 196 cm³/mol. The van der Waals surface area contributed by atoms with Crippen molar-refractivity contribution in [3.8, 4) is 23.7 Å². The Morgan fingerprint density at radius 3 is 1.28 bits per heavy atom. The van der Waals surface area contributed by atoms with E-state index in [0.717, 1.165) is 42.3 Å². The van der Waals surface area contributed by atoms with Gasteiger partial charge in [0.1, 0.15) is 0 Å². The summed E-state index contributed by atoms with van der Waals surface area (Å²) in [4.78, 5) is 16.9. The minimum atomic E-state index is -0.154. The normalized spacial score (nSPS) is 11.3. The second-order valence-electron chi connectivity index (χ2n) is 10.3. The number of aliphatic imine (C=N–C) groups is 4. The number of nitrogens with two attached hydrogens (primary N) is 7. The van der Waals surface area contributed by atoms with Gasteiger partial charge in [-0.05, 0) is 72.6 Å². The van der Waals surface area contributed by atoms with Crippen LogP contribution in [-0.2, 0) is 0 Å². The van der Waals surface area contributed by atoms with Gasteiger partial charge in [-0.1, -0.05) is 61.6 Å². The molecule has 3 rings (SSSR count). The van der Waals surface area contributed by atoms with Crippen LogP contribution in [0.2, 0.25) is 0 Å². The largest absolute Gasteiger partial charge is 0.388 e. The van der Waals surface area contributed by atoms with Gasteiger partial charge >= 0.3 is 0 Å². The van der Waals surface area contributed by atoms with Crippen LogP contribution in [0.4, 0.5) is 0 Å². The summed E-state index contributed by atoms with van der Waals surface area (Å²) in [5, 5.41) is 0. The first-order valence-corrected chi connectivity index (χ1v) is 15.6. The molecule has 0 saturated carbocycles. The molecule has 0 heterocycles. The minimum Gasteiger partial charge on any atom is -0.388 e. The molecule has 0 amide bonds. The molecule has 0 aliphatic heterocycles. The van der Waals surface area contributed by atoms with Crippen LogP contribution in [0.3, 0.4) is 0 Å². The standard InChI is InChI=1S/C33H37Br2N11/c1-20(36)43-16-27(17-44-31(37)38)25-10-23(12-29(34)14-25)7-5-21-3-2-4-22(9-21)6-8-24-11-26(15-30(35)13-24)28(18-45-32(39)40)19-46-33(41)42/h2-4,9-15,27-28H,16-19H2,1H3,(H2,36,43)(H4,37,38,44)(H4,39,40,45)(H4,41,42,46). The van der Waals surface area contributed by atoms with Crippen LogP contribution in [0.25, 0.3) is 0 Å². The predicted octanol–water partition coefficient (Wildman–Crippen LogP) is 2.38. The lowest BCUT2D eigenvalue weighted by Gasteiger charge is -2.14. The number of hydrogen-bond acceptors (Lipinski definition) is 4. The second-order valence-corrected chi connectivity index (χ2v) is 12.1. The Morgan fingerprint density at radius 1 is 0.543 bits per heavy atom. The van der Waals surface area contributed by atoms with E-state index in [1.165, 1.54) is 0 Å². The number of benzene rings is 3. The lowest BCUT2D eigenvalue weighted by Crippen LogP contribution is -2.26. The molecular formula is C33H37Br2N11. The molecule has 0 fully saturated rings. The monoisotopic (exact) mass is 745 g/mol. The van der Waals surface area contributed by atoms with Gasteiger partial charge in [-0.2, -0.15) is 0 Å². The van der Waals surface area contributed by atoms with Crippen LogP contribution in [0.5, 0.6) is 0 Å². The second kappa shape index (κ2) is 17.5. The third-order valence-corrected chi connectivity index (χ3v) is 7.31. The smallest absolute Gasteiger partial charge is 0.185 e. The highest BCUT2D eigenvalue weighted by atomic mass is 79.9. The fourth-order valence-electron chi connectivity index (χ4n) is 4.24. The van der Waals surface area contributed by atoms with Gasteiger partial charge < -0.3 is 40.1 Å². The number of hydrogen-bond donors (Lipinski definition) is 7. The molecule has 1 atom stereocenters. The first-order valence-electron chi connectivity index (χ1n) is 14.1. The quantitative estimate of drug-likeness (QED) is 0.0929. The molecule has 0 bridgehead atoms. The van der Waals surface area contributed by atoms with Crippen molar-refractivity contribution in [2.24, 2.45) is 60.1 Å². The van der Waals surface area contributed by atoms with Gasteiger partial charge in [0.05, 0.1) is 25.5 Å². The maximum Gasteiger partial charge on any atom is 0.185 e. The summed E-state index contributed by atoms with van der Waals surface area (Å²) in [5.41, 5.74) is 44.3. The van der Waals surface area contributed by atoms with E-state index in [9.17, 15) is 0 Å². The minimum absolute atomic E-state index is 0.00705. The van der Waals surface area contributed by atoms with E-state index >= 15 is 0 Å². The number of amidine groups is 1. The first kappa shape index (κ1) is 35.5. The van der Waals surface area contributed by atoms with Crippen molar-refractivity contribution >= 4 is 55.6 Å². The summed E-state index contributed by atoms with van der Waals surface area (Å²) in [5.74, 6) is 13.2. The summed E-state index contributed by atoms with van der Waals surface area (Å²) in [6, 6.07) is 19.6. The Balaban J connectivity index is 1.88. The van der Waals surface area contributed by atoms with E-state index in [1.54, 1.807) is 6.92 Å². The average molecular weight is 748 g/mol. The molecule has 0 saturated heterocycles. The maximum atomic E-state index is 5.78. The Kier molecular flexibility index (Phi) is 13.5. The molecule has 238 valence electrons. The van der Waals surface area contributed by atoms with Crippen molar-refractivity contribution in [1.29, 1.82) is 0 Å². The molecule has 0 aliphatic carbocycles. The average Bonchev–Trinajstić information content (AvgIpc) is 2.98. The first-order chi connectivity index (χ1) is 21.9. The van der Waals surface area contributed by atoms with Crippen molar-refractivity contribution in [2.45, 2.75) is 18.8 Å². The van der Waals surface area contributed by atoms with E-state index in [0.29, 0.717) is 32.0 Å². The van der Waals surface area contributed by atoms with Crippen molar-refractivity contribution in [3.63, 3.8) is 0 Å². The van der Waals surface area contributed by atoms with Gasteiger partial charge in [0.25, 0.3) is 0 Å². The third-order valence-electron chi connectivity index (χ3n) is 6.39. The number of rotatable bonds is 10. The summed E-state index contributed by atoms with van der Waals surface area (Å²) >= 11 is 7.18. The highest BCUT2D eigenvalue weighted by Gasteiger charge is 2.14. The zero-order valence-corrected chi connectivity index (χ0v) is 28.5. The molecule has 3 aromatic rings. The van der Waals surface area contributed by atoms with Gasteiger partial charge in [0, 0.05) is 49.6 Å². The summed E-state index contributed by atoms with van der Waals surface area (Å²) < 4.78 is 1.73. The fourth-order valence-corrected chi connectivity index (χ4v) is 5.26. The lowest BCUT2D eigenvalue weighted by atomic mass is 9.97. The molecule has 0 radical (unpaired) electrons. The molecule has 3 aromatic carbocycles. The molecule has 14 N–H and O–H groups in total. The molecule has 11 nitrogen and oxygen atoms in total. The zero-order valence-electron chi connectivity index (χ0n) is 25.3. The maximum absolute atomic E-state index is 5.78. The summed E-state index contributed by atoms with van der Waals surface area (Å²) in [7, 11) is 0. The van der Waals surface area contributed by atoms with E-state index in [4.69, 9.17) is 40.1 Å². The Morgan fingerprint density at radius 2 is 0.913 bits per heavy atom. The Hall–Kier alpha value is -4.98. The number of halogens is 2. The van der Waals surface area contributed by atoms with E-state index in [2.05, 4.69) is 75.5 Å². The van der Waals surface area contributed by atoms with Crippen LogP contribution in [-0.4, -0.2) is 49.9 Å². The summed E-state index contributed by atoms with van der Waals surface area (Å²) in [6.45, 7) is 3.20. The highest BCUT2D eigenvalue weighted by molar-refractivity contribution is 9.10. The number of nitrogens with zero attached hydrogens (tertiary/aromatic N) is 4. The summed E-state index contributed by atoms with van der Waals surface area (Å²) in [6.07, 6.45) is 0. The van der Waals surface area contributed by atoms with Gasteiger partial charge in [-0.15, -0.1) is 0 Å². The highest BCUT2D eigenvalue weighted by Crippen LogP contribution is 2.25. The third kappa shape index (κ3) is 12.6. The topological polar surface area (TPSA) is 232 Å². The molecule has 13 heteroatoms. The van der Waals surface area contributed by atoms with Crippen LogP contribution in [0.1, 0.15) is 52.1 Å². The van der Waals surface area contributed by atoms with E-state index in [1.807, 2.05) is 60.7 Å². The van der Waals surface area contributed by atoms with E-state index in [-0.39, 0.29) is 29.7 Å². The van der Waals surface area contributed by atoms with Crippen molar-refractivity contribution < 1.29 is 0 Å². The Labute approximate surface area is 286 Å². The van der Waals surface area contributed by atoms with Crippen LogP contribution in [0, 0.1) is 23.7 Å². The van der Waals surface area contributed by atoms with Crippen molar-refractivity contribution in [1.82, 2.24) is 0 Å². The van der Waals surface area contributed by atoms with Gasteiger partial charge in [-0.3, -0.25) is 20.0 Å². The fraction of sp³-hybridized carbons (Fsp3) is 0.212. The van der Waals surface area contributed by atoms with Gasteiger partial charge in [0.2, 0.25) is 0 Å². The molecule has 0 aromatic heterocycles. The van der Waals surface area contributed by atoms with Gasteiger partial charge in [-0.25, -0.2) is 0 Å². The Bertz CT molecular complexity index is 1610. The molecule has 1 unspecified atom stereocenters. The lowest BCUT2D eigenvalue weighted by molar-refractivity contribution is 0.708. The number of guanidine groups is 3. The van der Waals surface area contributed by atoms with Crippen LogP contribution in [0.15, 0.2) is 89.6 Å². The molecule has 0 aliphatic rings.